The highest BCUT2D eigenvalue weighted by Crippen LogP contribution is 2.25. The average Bonchev–Trinajstić information content (AvgIpc) is 2.80. The van der Waals surface area contributed by atoms with E-state index >= 15 is 0 Å². The molecule has 0 spiro atoms. The minimum atomic E-state index is -0.548. The van der Waals surface area contributed by atoms with E-state index in [-0.39, 0.29) is 5.75 Å². The van der Waals surface area contributed by atoms with Gasteiger partial charge in [-0.15, -0.1) is 10.2 Å². The maximum atomic E-state index is 13.8. The molecule has 1 aliphatic rings. The molecule has 1 fully saturated rings. The van der Waals surface area contributed by atoms with Crippen LogP contribution in [0, 0.1) is 11.7 Å². The molecule has 0 bridgehead atoms. The predicted octanol–water partition coefficient (Wildman–Crippen LogP) is 5.17. The van der Waals surface area contributed by atoms with Crippen LogP contribution in [-0.4, -0.2) is 36.4 Å². The van der Waals surface area contributed by atoms with Crippen LogP contribution in [0.3, 0.4) is 0 Å². The standard InChI is InChI=1S/C24H26FN5O2/c1-16-10-12-30(13-11-16)23-9-7-21(28-29-23)17-4-3-5-18(14-17)26-24(31)27-19-6-8-22(32-2)20(25)15-19/h3-9,14-16H,10-13H2,1-2H3,(H2,26,27,31). The maximum Gasteiger partial charge on any atom is 0.323 e. The number of nitrogens with zero attached hydrogens (tertiary/aromatic N) is 3. The third kappa shape index (κ3) is 5.14. The van der Waals surface area contributed by atoms with E-state index in [1.54, 1.807) is 12.1 Å². The lowest BCUT2D eigenvalue weighted by Crippen LogP contribution is -2.33. The number of hydrogen-bond acceptors (Lipinski definition) is 5. The highest BCUT2D eigenvalue weighted by atomic mass is 19.1. The fraction of sp³-hybridized carbons (Fsp3) is 0.292. The molecular formula is C24H26FN5O2. The quantitative estimate of drug-likeness (QED) is 0.578. The fourth-order valence-electron chi connectivity index (χ4n) is 3.68. The second-order valence-corrected chi connectivity index (χ2v) is 7.96. The Labute approximate surface area is 186 Å². The molecule has 32 heavy (non-hydrogen) atoms. The monoisotopic (exact) mass is 435 g/mol. The fourth-order valence-corrected chi connectivity index (χ4v) is 3.68. The number of amides is 2. The van der Waals surface area contributed by atoms with Crippen LogP contribution < -0.4 is 20.3 Å². The van der Waals surface area contributed by atoms with Crippen molar-refractivity contribution in [1.82, 2.24) is 10.2 Å². The minimum absolute atomic E-state index is 0.116. The molecule has 3 aromatic rings. The van der Waals surface area contributed by atoms with Gasteiger partial charge in [0.05, 0.1) is 12.8 Å². The van der Waals surface area contributed by atoms with Gasteiger partial charge in [-0.05, 0) is 55.2 Å². The number of urea groups is 1. The number of methoxy groups -OCH3 is 1. The molecule has 4 rings (SSSR count). The SMILES string of the molecule is COc1ccc(NC(=O)Nc2cccc(-c3ccc(N4CCC(C)CC4)nn3)c2)cc1F. The molecule has 0 radical (unpaired) electrons. The van der Waals surface area contributed by atoms with E-state index < -0.39 is 11.8 Å². The average molecular weight is 436 g/mol. The van der Waals surface area contributed by atoms with Crippen molar-refractivity contribution in [2.24, 2.45) is 5.92 Å². The van der Waals surface area contributed by atoms with Gasteiger partial charge >= 0.3 is 6.03 Å². The summed E-state index contributed by atoms with van der Waals surface area (Å²) in [7, 11) is 1.39. The van der Waals surface area contributed by atoms with E-state index in [0.29, 0.717) is 11.4 Å². The molecule has 0 unspecified atom stereocenters. The third-order valence-electron chi connectivity index (χ3n) is 5.58. The van der Waals surface area contributed by atoms with Gasteiger partial charge in [0.25, 0.3) is 0 Å². The van der Waals surface area contributed by atoms with Crippen molar-refractivity contribution >= 4 is 23.2 Å². The third-order valence-corrected chi connectivity index (χ3v) is 5.58. The minimum Gasteiger partial charge on any atom is -0.494 e. The largest absolute Gasteiger partial charge is 0.494 e. The van der Waals surface area contributed by atoms with E-state index in [0.717, 1.165) is 36.1 Å². The summed E-state index contributed by atoms with van der Waals surface area (Å²) in [6.45, 7) is 4.28. The number of carbonyl (C=O) groups is 1. The molecule has 1 saturated heterocycles. The first-order valence-electron chi connectivity index (χ1n) is 10.6. The zero-order valence-electron chi connectivity index (χ0n) is 18.1. The number of carbonyl (C=O) groups excluding carboxylic acids is 1. The first kappa shape index (κ1) is 21.5. The van der Waals surface area contributed by atoms with Crippen LogP contribution in [-0.2, 0) is 0 Å². The van der Waals surface area contributed by atoms with Crippen molar-refractivity contribution in [3.8, 4) is 17.0 Å². The van der Waals surface area contributed by atoms with Crippen LogP contribution >= 0.6 is 0 Å². The predicted molar refractivity (Wildman–Crippen MR) is 124 cm³/mol. The Morgan fingerprint density at radius 2 is 1.78 bits per heavy atom. The number of halogens is 1. The highest BCUT2D eigenvalue weighted by molar-refractivity contribution is 6.00. The Hall–Kier alpha value is -3.68. The summed E-state index contributed by atoms with van der Waals surface area (Å²) in [5, 5.41) is 14.2. The van der Waals surface area contributed by atoms with E-state index in [2.05, 4.69) is 32.7 Å². The van der Waals surface area contributed by atoms with Gasteiger partial charge in [-0.1, -0.05) is 19.1 Å². The van der Waals surface area contributed by atoms with Gasteiger partial charge in [-0.2, -0.15) is 0 Å². The number of benzene rings is 2. The molecule has 166 valence electrons. The van der Waals surface area contributed by atoms with Gasteiger partial charge in [0.15, 0.2) is 17.4 Å². The second kappa shape index (κ2) is 9.64. The van der Waals surface area contributed by atoms with E-state index in [4.69, 9.17) is 4.74 Å². The Morgan fingerprint density at radius 1 is 1.03 bits per heavy atom. The van der Waals surface area contributed by atoms with Crippen LogP contribution in [0.25, 0.3) is 11.3 Å². The molecule has 2 N–H and O–H groups in total. The number of piperidine rings is 1. The van der Waals surface area contributed by atoms with Crippen LogP contribution in [0.4, 0.5) is 26.4 Å². The Kier molecular flexibility index (Phi) is 6.49. The summed E-state index contributed by atoms with van der Waals surface area (Å²) in [5.74, 6) is 1.22. The number of aromatic nitrogens is 2. The van der Waals surface area contributed by atoms with Crippen molar-refractivity contribution in [2.45, 2.75) is 19.8 Å². The Bertz CT molecular complexity index is 1080. The first-order chi connectivity index (χ1) is 15.5. The van der Waals surface area contributed by atoms with Crippen molar-refractivity contribution in [3.63, 3.8) is 0 Å². The van der Waals surface area contributed by atoms with Gasteiger partial charge in [-0.3, -0.25) is 0 Å². The van der Waals surface area contributed by atoms with Gasteiger partial charge in [0, 0.05) is 36.1 Å². The summed E-state index contributed by atoms with van der Waals surface area (Å²) >= 11 is 0. The molecule has 0 aliphatic carbocycles. The molecular weight excluding hydrogens is 409 g/mol. The molecule has 2 heterocycles. The van der Waals surface area contributed by atoms with Crippen LogP contribution in [0.2, 0.25) is 0 Å². The number of anilines is 3. The lowest BCUT2D eigenvalue weighted by molar-refractivity contribution is 0.262. The molecule has 2 amide bonds. The normalized spacial score (nSPS) is 14.2. The lowest BCUT2D eigenvalue weighted by Gasteiger charge is -2.30. The second-order valence-electron chi connectivity index (χ2n) is 7.96. The van der Waals surface area contributed by atoms with Gasteiger partial charge in [-0.25, -0.2) is 9.18 Å². The maximum absolute atomic E-state index is 13.8. The first-order valence-corrected chi connectivity index (χ1v) is 10.6. The summed E-state index contributed by atoms with van der Waals surface area (Å²) < 4.78 is 18.7. The number of rotatable bonds is 5. The van der Waals surface area contributed by atoms with E-state index in [1.807, 2.05) is 30.3 Å². The molecule has 7 nitrogen and oxygen atoms in total. The topological polar surface area (TPSA) is 79.4 Å². The van der Waals surface area contributed by atoms with Crippen molar-refractivity contribution in [2.75, 3.05) is 35.7 Å². The van der Waals surface area contributed by atoms with Crippen molar-refractivity contribution < 1.29 is 13.9 Å². The van der Waals surface area contributed by atoms with Gasteiger partial charge in [0.2, 0.25) is 0 Å². The summed E-state index contributed by atoms with van der Waals surface area (Å²) in [4.78, 5) is 14.6. The highest BCUT2D eigenvalue weighted by Gasteiger charge is 2.17. The number of nitrogens with one attached hydrogen (secondary N) is 2. The van der Waals surface area contributed by atoms with Gasteiger partial charge < -0.3 is 20.3 Å². The van der Waals surface area contributed by atoms with Crippen LogP contribution in [0.1, 0.15) is 19.8 Å². The molecule has 1 aromatic heterocycles. The summed E-state index contributed by atoms with van der Waals surface area (Å²) in [6, 6.07) is 15.0. The zero-order chi connectivity index (χ0) is 22.5. The lowest BCUT2D eigenvalue weighted by atomic mass is 9.99. The number of hydrogen-bond donors (Lipinski definition) is 2. The van der Waals surface area contributed by atoms with E-state index in [1.165, 1.54) is 32.1 Å². The molecule has 1 aliphatic heterocycles. The Balaban J connectivity index is 1.41. The van der Waals surface area contributed by atoms with E-state index in [9.17, 15) is 9.18 Å². The van der Waals surface area contributed by atoms with Crippen LogP contribution in [0.5, 0.6) is 5.75 Å². The molecule has 2 aromatic carbocycles. The number of ether oxygens (including phenoxy) is 1. The summed E-state index contributed by atoms with van der Waals surface area (Å²) in [6.07, 6.45) is 2.34. The Morgan fingerprint density at radius 3 is 2.44 bits per heavy atom. The van der Waals surface area contributed by atoms with Crippen molar-refractivity contribution in [1.29, 1.82) is 0 Å². The molecule has 0 atom stereocenters. The molecule has 0 saturated carbocycles. The van der Waals surface area contributed by atoms with Gasteiger partial charge in [0.1, 0.15) is 0 Å². The van der Waals surface area contributed by atoms with Crippen molar-refractivity contribution in [3.05, 3.63) is 60.4 Å². The summed E-state index contributed by atoms with van der Waals surface area (Å²) in [5.41, 5.74) is 2.47. The van der Waals surface area contributed by atoms with Crippen LogP contribution in [0.15, 0.2) is 54.6 Å². The smallest absolute Gasteiger partial charge is 0.323 e. The zero-order valence-corrected chi connectivity index (χ0v) is 18.1. The molecule has 8 heteroatoms.